The van der Waals surface area contributed by atoms with Crippen LogP contribution in [0.25, 0.3) is 11.4 Å². The van der Waals surface area contributed by atoms with Gasteiger partial charge in [0.05, 0.1) is 11.4 Å². The summed E-state index contributed by atoms with van der Waals surface area (Å²) < 4.78 is 0. The summed E-state index contributed by atoms with van der Waals surface area (Å²) in [5.74, 6) is 0. The summed E-state index contributed by atoms with van der Waals surface area (Å²) >= 11 is 0. The standard InChI is InChI=1S/C10H8N2.Bi/c1-3-7-11-9(5-1)10-6-2-4-8-12-10;/h1-8H;. The molecular formula is C10H8BiN2. The predicted molar refractivity (Wildman–Crippen MR) is 53.2 cm³/mol. The third kappa shape index (κ3) is 2.56. The molecule has 2 aromatic rings. The maximum Gasteiger partial charge on any atom is 0.0886 e. The summed E-state index contributed by atoms with van der Waals surface area (Å²) in [5, 5.41) is 0. The average Bonchev–Trinajstić information content (AvgIpc) is 2.21. The van der Waals surface area contributed by atoms with Crippen LogP contribution in [0.5, 0.6) is 0 Å². The molecule has 2 rings (SSSR count). The Morgan fingerprint density at radius 2 is 1.15 bits per heavy atom. The van der Waals surface area contributed by atoms with Crippen molar-refractivity contribution in [3.8, 4) is 11.4 Å². The van der Waals surface area contributed by atoms with Crippen molar-refractivity contribution >= 4 is 26.2 Å². The van der Waals surface area contributed by atoms with Crippen LogP contribution >= 0.6 is 0 Å². The minimum Gasteiger partial charge on any atom is -0.255 e. The zero-order valence-corrected chi connectivity index (χ0v) is 10.4. The van der Waals surface area contributed by atoms with E-state index in [4.69, 9.17) is 0 Å². The maximum atomic E-state index is 4.19. The van der Waals surface area contributed by atoms with Gasteiger partial charge < -0.3 is 0 Å². The first-order valence-electron chi connectivity index (χ1n) is 3.79. The molecule has 0 aliphatic rings. The number of hydrogen-bond acceptors (Lipinski definition) is 2. The van der Waals surface area contributed by atoms with Crippen LogP contribution in [0.3, 0.4) is 0 Å². The van der Waals surface area contributed by atoms with Crippen LogP contribution in [0, 0.1) is 0 Å². The van der Waals surface area contributed by atoms with Crippen molar-refractivity contribution in [2.24, 2.45) is 0 Å². The van der Waals surface area contributed by atoms with Crippen molar-refractivity contribution < 1.29 is 0 Å². The van der Waals surface area contributed by atoms with E-state index in [-0.39, 0.29) is 26.2 Å². The van der Waals surface area contributed by atoms with Crippen molar-refractivity contribution in [3.05, 3.63) is 48.8 Å². The maximum absolute atomic E-state index is 4.19. The summed E-state index contributed by atoms with van der Waals surface area (Å²) in [6.07, 6.45) is 3.54. The van der Waals surface area contributed by atoms with Crippen LogP contribution in [-0.2, 0) is 0 Å². The fourth-order valence-corrected chi connectivity index (χ4v) is 1.03. The first-order valence-corrected chi connectivity index (χ1v) is 3.79. The van der Waals surface area contributed by atoms with Gasteiger partial charge in [-0.15, -0.1) is 0 Å². The monoisotopic (exact) mass is 365 g/mol. The molecule has 0 aromatic carbocycles. The molecule has 0 saturated carbocycles. The van der Waals surface area contributed by atoms with E-state index in [2.05, 4.69) is 9.97 Å². The van der Waals surface area contributed by atoms with Crippen molar-refractivity contribution in [1.29, 1.82) is 0 Å². The average molecular weight is 365 g/mol. The van der Waals surface area contributed by atoms with Crippen molar-refractivity contribution in [2.45, 2.75) is 0 Å². The van der Waals surface area contributed by atoms with Gasteiger partial charge in [0.1, 0.15) is 0 Å². The fraction of sp³-hybridized carbons (Fsp3) is 0. The normalized spacial score (nSPS) is 8.92. The molecule has 0 unspecified atom stereocenters. The van der Waals surface area contributed by atoms with Crippen LogP contribution in [0.15, 0.2) is 48.8 Å². The molecule has 3 heteroatoms. The van der Waals surface area contributed by atoms with E-state index < -0.39 is 0 Å². The minimum absolute atomic E-state index is 0. The second-order valence-electron chi connectivity index (χ2n) is 2.43. The summed E-state index contributed by atoms with van der Waals surface area (Å²) in [7, 11) is 0. The van der Waals surface area contributed by atoms with E-state index in [0.717, 1.165) is 11.4 Å². The van der Waals surface area contributed by atoms with Gasteiger partial charge in [-0.25, -0.2) is 0 Å². The van der Waals surface area contributed by atoms with Gasteiger partial charge in [0, 0.05) is 38.6 Å². The van der Waals surface area contributed by atoms with Gasteiger partial charge in [-0.05, 0) is 24.3 Å². The van der Waals surface area contributed by atoms with Gasteiger partial charge in [0.2, 0.25) is 0 Å². The zero-order chi connectivity index (χ0) is 8.23. The van der Waals surface area contributed by atoms with Crippen LogP contribution in [-0.4, -0.2) is 36.2 Å². The van der Waals surface area contributed by atoms with Crippen LogP contribution in [0.4, 0.5) is 0 Å². The Morgan fingerprint density at radius 1 is 0.692 bits per heavy atom. The minimum atomic E-state index is 0. The molecule has 2 aromatic heterocycles. The van der Waals surface area contributed by atoms with E-state index >= 15 is 0 Å². The van der Waals surface area contributed by atoms with Crippen molar-refractivity contribution in [3.63, 3.8) is 0 Å². The van der Waals surface area contributed by atoms with Gasteiger partial charge in [-0.3, -0.25) is 9.97 Å². The summed E-state index contributed by atoms with van der Waals surface area (Å²) in [4.78, 5) is 8.37. The molecule has 2 heterocycles. The molecule has 0 atom stereocenters. The summed E-state index contributed by atoms with van der Waals surface area (Å²) in [6, 6.07) is 11.6. The Morgan fingerprint density at radius 3 is 1.46 bits per heavy atom. The van der Waals surface area contributed by atoms with Gasteiger partial charge in [-0.1, -0.05) is 12.1 Å². The number of pyridine rings is 2. The third-order valence-electron chi connectivity index (χ3n) is 1.59. The fourth-order valence-electron chi connectivity index (χ4n) is 1.03. The summed E-state index contributed by atoms with van der Waals surface area (Å²) in [6.45, 7) is 0. The number of rotatable bonds is 1. The molecule has 0 aliphatic heterocycles. The molecule has 2 nitrogen and oxygen atoms in total. The first-order chi connectivity index (χ1) is 5.97. The van der Waals surface area contributed by atoms with Gasteiger partial charge >= 0.3 is 0 Å². The van der Waals surface area contributed by atoms with Gasteiger partial charge in [0.15, 0.2) is 0 Å². The van der Waals surface area contributed by atoms with E-state index in [9.17, 15) is 0 Å². The van der Waals surface area contributed by atoms with E-state index in [1.54, 1.807) is 12.4 Å². The Bertz CT molecular complexity index is 310. The Hall–Kier alpha value is -0.817. The second kappa shape index (κ2) is 5.03. The molecule has 3 radical (unpaired) electrons. The van der Waals surface area contributed by atoms with E-state index in [1.807, 2.05) is 36.4 Å². The van der Waals surface area contributed by atoms with Crippen molar-refractivity contribution in [1.82, 2.24) is 9.97 Å². The zero-order valence-electron chi connectivity index (χ0n) is 6.96. The van der Waals surface area contributed by atoms with Crippen molar-refractivity contribution in [2.75, 3.05) is 0 Å². The largest absolute Gasteiger partial charge is 0.255 e. The molecular weight excluding hydrogens is 357 g/mol. The quantitative estimate of drug-likeness (QED) is 0.720. The molecule has 0 amide bonds. The SMILES string of the molecule is [Bi].c1ccc(-c2ccccn2)nc1. The summed E-state index contributed by atoms with van der Waals surface area (Å²) in [5.41, 5.74) is 1.83. The molecule has 0 N–H and O–H groups in total. The first kappa shape index (κ1) is 10.3. The number of aromatic nitrogens is 2. The molecule has 0 saturated heterocycles. The van der Waals surface area contributed by atoms with E-state index in [1.165, 1.54) is 0 Å². The van der Waals surface area contributed by atoms with Crippen LogP contribution in [0.1, 0.15) is 0 Å². The topological polar surface area (TPSA) is 25.8 Å². The Balaban J connectivity index is 0.000000845. The molecule has 63 valence electrons. The predicted octanol–water partition coefficient (Wildman–Crippen LogP) is 1.76. The van der Waals surface area contributed by atoms with Crippen LogP contribution in [0.2, 0.25) is 0 Å². The Kier molecular flexibility index (Phi) is 3.97. The van der Waals surface area contributed by atoms with Gasteiger partial charge in [-0.2, -0.15) is 0 Å². The van der Waals surface area contributed by atoms with Crippen LogP contribution < -0.4 is 0 Å². The smallest absolute Gasteiger partial charge is 0.0886 e. The molecule has 0 bridgehead atoms. The molecule has 0 fully saturated rings. The number of hydrogen-bond donors (Lipinski definition) is 0. The molecule has 0 aliphatic carbocycles. The Labute approximate surface area is 96.2 Å². The third-order valence-corrected chi connectivity index (χ3v) is 1.59. The van der Waals surface area contributed by atoms with E-state index in [0.29, 0.717) is 0 Å². The number of nitrogens with zero attached hydrogens (tertiary/aromatic N) is 2. The molecule has 0 spiro atoms. The molecule has 13 heavy (non-hydrogen) atoms. The second-order valence-corrected chi connectivity index (χ2v) is 2.43. The van der Waals surface area contributed by atoms with Gasteiger partial charge in [0.25, 0.3) is 0 Å².